The van der Waals surface area contributed by atoms with E-state index in [0.717, 1.165) is 58.7 Å². The number of ether oxygens (including phenoxy) is 4. The van der Waals surface area contributed by atoms with Crippen LogP contribution in [0.25, 0.3) is 11.0 Å². The highest BCUT2D eigenvalue weighted by atomic mass is 16.5. The average Bonchev–Trinajstić information content (AvgIpc) is 3.77. The molecule has 3 aliphatic heterocycles. The molecule has 16 nitrogen and oxygen atoms in total. The topological polar surface area (TPSA) is 153 Å². The number of methoxy groups -OCH3 is 4. The molecule has 1 saturated carbocycles. The van der Waals surface area contributed by atoms with Crippen LogP contribution in [0.15, 0.2) is 61.2 Å². The number of likely N-dealkylation sites (N-methyl/N-ethyl adjacent to an activating group) is 1. The highest BCUT2D eigenvalue weighted by Gasteiger charge is 2.58. The molecule has 0 radical (unpaired) electrons. The first kappa shape index (κ1) is 44.2. The van der Waals surface area contributed by atoms with Crippen LogP contribution in [-0.4, -0.2) is 139 Å². The molecule has 4 unspecified atom stereocenters. The number of carbonyl (C=O) groups is 2. The van der Waals surface area contributed by atoms with Crippen molar-refractivity contribution in [3.8, 4) is 23.0 Å². The number of fused-ring (bicyclic) bond motifs is 4. The Bertz CT molecular complexity index is 2510. The molecule has 344 valence electrons. The summed E-state index contributed by atoms with van der Waals surface area (Å²) in [7, 11) is 8.58. The summed E-state index contributed by atoms with van der Waals surface area (Å²) in [6, 6.07) is 14.2. The number of anilines is 1. The molecule has 4 aliphatic rings. The molecule has 5 aromatic rings. The summed E-state index contributed by atoms with van der Waals surface area (Å²) in [6.07, 6.45) is 8.98. The average molecular weight is 887 g/mol. The molecule has 2 aromatic carbocycles. The zero-order valence-electron chi connectivity index (χ0n) is 38.6. The van der Waals surface area contributed by atoms with Crippen molar-refractivity contribution in [3.63, 3.8) is 0 Å². The minimum atomic E-state index is -0.743. The van der Waals surface area contributed by atoms with Crippen LogP contribution < -0.4 is 29.2 Å². The predicted molar refractivity (Wildman–Crippen MR) is 247 cm³/mol. The summed E-state index contributed by atoms with van der Waals surface area (Å²) in [5, 5.41) is 8.76. The number of aromatic nitrogens is 5. The summed E-state index contributed by atoms with van der Waals surface area (Å²) in [5.41, 5.74) is 5.52. The largest absolute Gasteiger partial charge is 0.493 e. The zero-order chi connectivity index (χ0) is 45.2. The Morgan fingerprint density at radius 2 is 1.57 bits per heavy atom. The van der Waals surface area contributed by atoms with Crippen molar-refractivity contribution in [1.29, 1.82) is 0 Å². The van der Waals surface area contributed by atoms with Gasteiger partial charge in [0.2, 0.25) is 11.8 Å². The third-order valence-corrected chi connectivity index (χ3v) is 14.6. The van der Waals surface area contributed by atoms with Gasteiger partial charge in [0.05, 0.1) is 57.8 Å². The zero-order valence-corrected chi connectivity index (χ0v) is 38.6. The lowest BCUT2D eigenvalue weighted by atomic mass is 9.58. The Kier molecular flexibility index (Phi) is 12.8. The highest BCUT2D eigenvalue weighted by Crippen LogP contribution is 2.59. The maximum Gasteiger partial charge on any atom is 0.225 e. The summed E-state index contributed by atoms with van der Waals surface area (Å²) >= 11 is 0. The van der Waals surface area contributed by atoms with Gasteiger partial charge in [0, 0.05) is 76.3 Å². The van der Waals surface area contributed by atoms with Gasteiger partial charge in [-0.3, -0.25) is 19.5 Å². The van der Waals surface area contributed by atoms with Gasteiger partial charge in [-0.1, -0.05) is 13.0 Å². The van der Waals surface area contributed by atoms with E-state index in [1.54, 1.807) is 41.0 Å². The molecule has 0 bridgehead atoms. The van der Waals surface area contributed by atoms with E-state index in [2.05, 4.69) is 71.2 Å². The van der Waals surface area contributed by atoms with Crippen molar-refractivity contribution in [2.75, 3.05) is 92.7 Å². The van der Waals surface area contributed by atoms with Crippen LogP contribution in [0, 0.1) is 11.8 Å². The molecule has 1 N–H and O–H groups in total. The van der Waals surface area contributed by atoms with Crippen LogP contribution in [0.3, 0.4) is 0 Å². The van der Waals surface area contributed by atoms with Crippen molar-refractivity contribution in [2.24, 2.45) is 11.8 Å². The molecule has 16 heteroatoms. The van der Waals surface area contributed by atoms with Crippen molar-refractivity contribution in [2.45, 2.75) is 63.6 Å². The third-order valence-electron chi connectivity index (χ3n) is 14.6. The number of carbonyl (C=O) groups excluding carboxylic acids is 2. The molecule has 6 heterocycles. The first-order valence-corrected chi connectivity index (χ1v) is 23.1. The van der Waals surface area contributed by atoms with Gasteiger partial charge in [-0.05, 0) is 104 Å². The Hall–Kier alpha value is -6.00. The fraction of sp³-hybridized carbons (Fsp3) is 0.510. The maximum absolute atomic E-state index is 15.1. The monoisotopic (exact) mass is 886 g/mol. The van der Waals surface area contributed by atoms with Gasteiger partial charge in [-0.15, -0.1) is 0 Å². The van der Waals surface area contributed by atoms with E-state index in [1.807, 2.05) is 36.1 Å². The van der Waals surface area contributed by atoms with Crippen molar-refractivity contribution < 1.29 is 28.5 Å². The van der Waals surface area contributed by atoms with E-state index in [4.69, 9.17) is 23.9 Å². The fourth-order valence-electron chi connectivity index (χ4n) is 11.4. The first-order valence-electron chi connectivity index (χ1n) is 23.1. The molecule has 2 amide bonds. The Morgan fingerprint density at radius 3 is 2.28 bits per heavy atom. The number of amides is 2. The lowest BCUT2D eigenvalue weighted by Crippen LogP contribution is -2.63. The molecular formula is C49H62N10O6. The number of hydrogen-bond acceptors (Lipinski definition) is 13. The van der Waals surface area contributed by atoms with Gasteiger partial charge >= 0.3 is 0 Å². The van der Waals surface area contributed by atoms with E-state index in [-0.39, 0.29) is 29.7 Å². The molecular weight excluding hydrogens is 825 g/mol. The normalized spacial score (nSPS) is 22.1. The van der Waals surface area contributed by atoms with E-state index in [9.17, 15) is 4.79 Å². The minimum Gasteiger partial charge on any atom is -0.493 e. The molecule has 1 aliphatic carbocycles. The standard InChI is InChI=1S/C49H62N10O6/c1-7-55-18-13-32-25-40(62-3)42(64-5)27-36(32)45(55)39-24-34(11-15-49(39)38-28-43(65-6)41(63-4)26-33(38)14-19-58(49)44(60)12-17-50-2)48(61)57-22-20-56(21-23-57)46-37-29-54-59(47(37)53-31-52-46)30-35-10-8-9-16-51-35/h8-10,16,25-29,31,34,39,45,50H,7,11-15,17-24,30H2,1-6H3. The van der Waals surface area contributed by atoms with Crippen LogP contribution >= 0.6 is 0 Å². The molecule has 65 heavy (non-hydrogen) atoms. The Labute approximate surface area is 381 Å². The van der Waals surface area contributed by atoms with Gasteiger partial charge in [0.15, 0.2) is 28.6 Å². The Balaban J connectivity index is 1.07. The number of pyridine rings is 1. The van der Waals surface area contributed by atoms with Crippen molar-refractivity contribution >= 4 is 28.7 Å². The van der Waals surface area contributed by atoms with Gasteiger partial charge in [0.25, 0.3) is 0 Å². The molecule has 1 spiro atoms. The second-order valence-electron chi connectivity index (χ2n) is 17.6. The first-order chi connectivity index (χ1) is 31.8. The molecule has 2 fully saturated rings. The Morgan fingerprint density at radius 1 is 0.846 bits per heavy atom. The lowest BCUT2D eigenvalue weighted by Gasteiger charge is -2.59. The highest BCUT2D eigenvalue weighted by molar-refractivity contribution is 5.87. The van der Waals surface area contributed by atoms with Crippen molar-refractivity contribution in [3.05, 3.63) is 89.1 Å². The summed E-state index contributed by atoms with van der Waals surface area (Å²) < 4.78 is 25.5. The molecule has 9 rings (SSSR count). The van der Waals surface area contributed by atoms with Crippen LogP contribution in [-0.2, 0) is 34.5 Å². The molecule has 1 saturated heterocycles. The molecule has 3 aromatic heterocycles. The van der Waals surface area contributed by atoms with Crippen LogP contribution in [0.5, 0.6) is 23.0 Å². The minimum absolute atomic E-state index is 0.109. The number of benzene rings is 2. The van der Waals surface area contributed by atoms with E-state index in [1.165, 1.54) is 5.56 Å². The number of nitrogens with one attached hydrogen (secondary N) is 1. The van der Waals surface area contributed by atoms with Crippen molar-refractivity contribution in [1.82, 2.24) is 44.7 Å². The van der Waals surface area contributed by atoms with Crippen LogP contribution in [0.2, 0.25) is 0 Å². The SMILES string of the molecule is CCN1CCc2cc(OC)c(OC)cc2C1C1CC(C(=O)N2CCN(c3ncnc4c3cnn4Cc3ccccn3)CC2)CCC12c1cc(OC)c(OC)cc1CCN2C(=O)CCNC. The third kappa shape index (κ3) is 7.98. The summed E-state index contributed by atoms with van der Waals surface area (Å²) in [4.78, 5) is 52.8. The van der Waals surface area contributed by atoms with Gasteiger partial charge < -0.3 is 39.0 Å². The van der Waals surface area contributed by atoms with Gasteiger partial charge in [0.1, 0.15) is 12.1 Å². The maximum atomic E-state index is 15.1. The van der Waals surface area contributed by atoms with Crippen LogP contribution in [0.4, 0.5) is 5.82 Å². The smallest absolute Gasteiger partial charge is 0.225 e. The summed E-state index contributed by atoms with van der Waals surface area (Å²) in [6.45, 7) is 7.89. The van der Waals surface area contributed by atoms with E-state index < -0.39 is 5.54 Å². The number of piperazine rings is 1. The van der Waals surface area contributed by atoms with E-state index in [0.29, 0.717) is 101 Å². The predicted octanol–water partition coefficient (Wildman–Crippen LogP) is 4.88. The van der Waals surface area contributed by atoms with E-state index >= 15 is 4.79 Å². The number of hydrogen-bond donors (Lipinski definition) is 1. The quantitative estimate of drug-likeness (QED) is 0.171. The van der Waals surface area contributed by atoms with Gasteiger partial charge in [-0.2, -0.15) is 5.10 Å². The second-order valence-corrected chi connectivity index (χ2v) is 17.6. The number of nitrogens with zero attached hydrogens (tertiary/aromatic N) is 9. The fourth-order valence-corrected chi connectivity index (χ4v) is 11.4. The molecule has 4 atom stereocenters. The second kappa shape index (κ2) is 18.8. The van der Waals surface area contributed by atoms with Crippen LogP contribution in [0.1, 0.15) is 66.6 Å². The summed E-state index contributed by atoms with van der Waals surface area (Å²) in [5.74, 6) is 3.35. The van der Waals surface area contributed by atoms with Gasteiger partial charge in [-0.25, -0.2) is 14.6 Å². The number of rotatable bonds is 13. The lowest BCUT2D eigenvalue weighted by molar-refractivity contribution is -0.153.